The first-order chi connectivity index (χ1) is 11.6. The molecule has 0 spiro atoms. The summed E-state index contributed by atoms with van der Waals surface area (Å²) >= 11 is 3.45. The molecule has 0 saturated carbocycles. The van der Waals surface area contributed by atoms with Crippen molar-refractivity contribution in [3.8, 4) is 5.75 Å². The van der Waals surface area contributed by atoms with E-state index in [1.165, 1.54) is 6.08 Å². The van der Waals surface area contributed by atoms with Gasteiger partial charge in [0.1, 0.15) is 0 Å². The molecular weight excluding hydrogens is 366 g/mol. The lowest BCUT2D eigenvalue weighted by Crippen LogP contribution is -2.15. The molecule has 0 amide bonds. The van der Waals surface area contributed by atoms with Crippen LogP contribution in [0.1, 0.15) is 10.4 Å². The molecule has 0 atom stereocenters. The van der Waals surface area contributed by atoms with E-state index in [1.807, 2.05) is 72.6 Å². The number of anilines is 1. The summed E-state index contributed by atoms with van der Waals surface area (Å²) in [5.74, 6) is 1.20. The van der Waals surface area contributed by atoms with Crippen LogP contribution in [0, 0.1) is 0 Å². The van der Waals surface area contributed by atoms with Gasteiger partial charge >= 0.3 is 0 Å². The summed E-state index contributed by atoms with van der Waals surface area (Å²) in [5, 5.41) is 2.17. The Bertz CT molecular complexity index is 994. The zero-order chi connectivity index (χ0) is 16.7. The number of halogens is 1. The SMILES string of the molecule is CN1C(=CC(=O)c2ccc3ccccc3c2)Oc2ccc(Br)cc21. The number of fused-ring (bicyclic) bond motifs is 2. The Morgan fingerprint density at radius 1 is 1.04 bits per heavy atom. The molecule has 0 saturated heterocycles. The van der Waals surface area contributed by atoms with Gasteiger partial charge in [0.2, 0.25) is 5.88 Å². The Hall–Kier alpha value is -2.59. The minimum atomic E-state index is -0.0746. The summed E-state index contributed by atoms with van der Waals surface area (Å²) in [6.45, 7) is 0. The van der Waals surface area contributed by atoms with Gasteiger partial charge in [0.25, 0.3) is 0 Å². The standard InChI is InChI=1S/C20H14BrNO2/c1-22-17-11-16(21)8-9-19(17)24-20(22)12-18(23)15-7-6-13-4-2-3-5-14(13)10-15/h2-12H,1H3. The number of rotatable bonds is 2. The van der Waals surface area contributed by atoms with Crippen molar-refractivity contribution in [1.29, 1.82) is 0 Å². The minimum absolute atomic E-state index is 0.0746. The summed E-state index contributed by atoms with van der Waals surface area (Å²) in [4.78, 5) is 14.5. The number of nitrogens with zero attached hydrogens (tertiary/aromatic N) is 1. The van der Waals surface area contributed by atoms with E-state index in [4.69, 9.17) is 4.74 Å². The molecule has 3 nitrogen and oxygen atoms in total. The average Bonchev–Trinajstić information content (AvgIpc) is 2.90. The fraction of sp³-hybridized carbons (Fsp3) is 0.0500. The Kier molecular flexibility index (Phi) is 3.62. The van der Waals surface area contributed by atoms with Gasteiger partial charge in [0, 0.05) is 23.2 Å². The molecule has 0 bridgehead atoms. The minimum Gasteiger partial charge on any atom is -0.438 e. The topological polar surface area (TPSA) is 29.5 Å². The Morgan fingerprint density at radius 3 is 2.67 bits per heavy atom. The molecule has 0 unspecified atom stereocenters. The van der Waals surface area contributed by atoms with Crippen LogP contribution in [-0.4, -0.2) is 12.8 Å². The number of hydrogen-bond donors (Lipinski definition) is 0. The number of benzene rings is 3. The second kappa shape index (κ2) is 5.80. The van der Waals surface area contributed by atoms with Crippen molar-refractivity contribution in [1.82, 2.24) is 0 Å². The predicted octanol–water partition coefficient (Wildman–Crippen LogP) is 5.16. The maximum absolute atomic E-state index is 12.6. The predicted molar refractivity (Wildman–Crippen MR) is 99.5 cm³/mol. The smallest absolute Gasteiger partial charge is 0.204 e. The van der Waals surface area contributed by atoms with Crippen LogP contribution in [-0.2, 0) is 0 Å². The second-order valence-corrected chi connectivity index (χ2v) is 6.60. The van der Waals surface area contributed by atoms with Crippen LogP contribution < -0.4 is 9.64 Å². The number of carbonyl (C=O) groups is 1. The lowest BCUT2D eigenvalue weighted by atomic mass is 10.0. The summed E-state index contributed by atoms with van der Waals surface area (Å²) in [5.41, 5.74) is 1.58. The van der Waals surface area contributed by atoms with Crippen molar-refractivity contribution in [2.24, 2.45) is 0 Å². The van der Waals surface area contributed by atoms with Crippen molar-refractivity contribution in [3.63, 3.8) is 0 Å². The highest BCUT2D eigenvalue weighted by Gasteiger charge is 2.24. The van der Waals surface area contributed by atoms with Crippen LogP contribution in [0.5, 0.6) is 5.75 Å². The molecule has 1 aliphatic rings. The number of ketones is 1. The molecule has 4 heteroatoms. The number of allylic oxidation sites excluding steroid dienone is 1. The van der Waals surface area contributed by atoms with Gasteiger partial charge in [0.15, 0.2) is 11.5 Å². The van der Waals surface area contributed by atoms with Gasteiger partial charge in [-0.3, -0.25) is 4.79 Å². The molecular formula is C20H14BrNO2. The zero-order valence-corrected chi connectivity index (χ0v) is 14.6. The Morgan fingerprint density at radius 2 is 1.83 bits per heavy atom. The largest absolute Gasteiger partial charge is 0.438 e. The third-order valence-corrected chi connectivity index (χ3v) is 4.61. The highest BCUT2D eigenvalue weighted by atomic mass is 79.9. The normalized spacial score (nSPS) is 14.8. The van der Waals surface area contributed by atoms with Crippen LogP contribution in [0.25, 0.3) is 10.8 Å². The van der Waals surface area contributed by atoms with Gasteiger partial charge in [0.05, 0.1) is 5.69 Å². The molecule has 1 heterocycles. The molecule has 3 aromatic carbocycles. The van der Waals surface area contributed by atoms with Gasteiger partial charge < -0.3 is 9.64 Å². The zero-order valence-electron chi connectivity index (χ0n) is 13.0. The first-order valence-electron chi connectivity index (χ1n) is 7.58. The number of hydrogen-bond acceptors (Lipinski definition) is 3. The molecule has 0 aromatic heterocycles. The number of ether oxygens (including phenoxy) is 1. The van der Waals surface area contributed by atoms with E-state index in [0.29, 0.717) is 11.4 Å². The van der Waals surface area contributed by atoms with Crippen LogP contribution in [0.2, 0.25) is 0 Å². The molecule has 4 rings (SSSR count). The number of carbonyl (C=O) groups excluding carboxylic acids is 1. The van der Waals surface area contributed by atoms with E-state index < -0.39 is 0 Å². The fourth-order valence-corrected chi connectivity index (χ4v) is 3.15. The monoisotopic (exact) mass is 379 g/mol. The van der Waals surface area contributed by atoms with Crippen LogP contribution >= 0.6 is 15.9 Å². The van der Waals surface area contributed by atoms with Crippen LogP contribution in [0.15, 0.2) is 77.1 Å². The van der Waals surface area contributed by atoms with E-state index >= 15 is 0 Å². The van der Waals surface area contributed by atoms with Gasteiger partial charge in [-0.1, -0.05) is 52.3 Å². The highest BCUT2D eigenvalue weighted by molar-refractivity contribution is 9.10. The van der Waals surface area contributed by atoms with Crippen molar-refractivity contribution in [2.45, 2.75) is 0 Å². The van der Waals surface area contributed by atoms with Gasteiger partial charge in [-0.15, -0.1) is 0 Å². The molecule has 0 fully saturated rings. The lowest BCUT2D eigenvalue weighted by Gasteiger charge is -2.11. The molecule has 24 heavy (non-hydrogen) atoms. The lowest BCUT2D eigenvalue weighted by molar-refractivity contribution is 0.104. The third-order valence-electron chi connectivity index (χ3n) is 4.12. The molecule has 3 aromatic rings. The first kappa shape index (κ1) is 15.0. The third kappa shape index (κ3) is 2.59. The maximum atomic E-state index is 12.6. The van der Waals surface area contributed by atoms with E-state index in [2.05, 4.69) is 15.9 Å². The van der Waals surface area contributed by atoms with Gasteiger partial charge in [-0.05, 0) is 35.0 Å². The molecule has 118 valence electrons. The van der Waals surface area contributed by atoms with Crippen molar-refractivity contribution >= 4 is 38.2 Å². The van der Waals surface area contributed by atoms with Crippen molar-refractivity contribution < 1.29 is 9.53 Å². The van der Waals surface area contributed by atoms with Crippen LogP contribution in [0.4, 0.5) is 5.69 Å². The quantitative estimate of drug-likeness (QED) is 0.455. The van der Waals surface area contributed by atoms with Crippen LogP contribution in [0.3, 0.4) is 0 Å². The second-order valence-electron chi connectivity index (χ2n) is 5.68. The maximum Gasteiger partial charge on any atom is 0.204 e. The Labute approximate surface area is 148 Å². The van der Waals surface area contributed by atoms with Gasteiger partial charge in [-0.25, -0.2) is 0 Å². The summed E-state index contributed by atoms with van der Waals surface area (Å²) in [7, 11) is 1.89. The summed E-state index contributed by atoms with van der Waals surface area (Å²) in [6.07, 6.45) is 1.54. The average molecular weight is 380 g/mol. The van der Waals surface area contributed by atoms with E-state index in [-0.39, 0.29) is 5.78 Å². The van der Waals surface area contributed by atoms with E-state index in [9.17, 15) is 4.79 Å². The van der Waals surface area contributed by atoms with Crippen molar-refractivity contribution in [3.05, 3.63) is 82.7 Å². The Balaban J connectivity index is 1.66. The van der Waals surface area contributed by atoms with Crippen molar-refractivity contribution in [2.75, 3.05) is 11.9 Å². The summed E-state index contributed by atoms with van der Waals surface area (Å²) < 4.78 is 6.77. The molecule has 1 aliphatic heterocycles. The first-order valence-corrected chi connectivity index (χ1v) is 8.37. The molecule has 0 N–H and O–H groups in total. The van der Waals surface area contributed by atoms with E-state index in [0.717, 1.165) is 26.7 Å². The van der Waals surface area contributed by atoms with Gasteiger partial charge in [-0.2, -0.15) is 0 Å². The fourth-order valence-electron chi connectivity index (χ4n) is 2.80. The highest BCUT2D eigenvalue weighted by Crippen LogP contribution is 2.39. The summed E-state index contributed by atoms with van der Waals surface area (Å²) in [6, 6.07) is 19.5. The molecule has 0 radical (unpaired) electrons. The van der Waals surface area contributed by atoms with E-state index in [1.54, 1.807) is 0 Å². The molecule has 0 aliphatic carbocycles.